The highest BCUT2D eigenvalue weighted by Gasteiger charge is 2.29. The second-order valence-electron chi connectivity index (χ2n) is 5.67. The van der Waals surface area contributed by atoms with Gasteiger partial charge in [0.25, 0.3) is 5.56 Å². The Morgan fingerprint density at radius 2 is 2.10 bits per heavy atom. The fraction of sp³-hybridized carbons (Fsp3) is 0.571. The minimum atomic E-state index is -0.324. The zero-order valence-corrected chi connectivity index (χ0v) is 12.2. The molecule has 1 fully saturated rings. The lowest BCUT2D eigenvalue weighted by atomic mass is 10.2. The molecule has 3 rings (SSSR count). The third kappa shape index (κ3) is 2.32. The SMILES string of the molecule is CC(=O)CCCn1c(=O)c2c(ncn2C)n(C2CC2)c1=O. The summed E-state index contributed by atoms with van der Waals surface area (Å²) in [5.74, 6) is 0.0622. The Bertz CT molecular complexity index is 823. The van der Waals surface area contributed by atoms with E-state index in [4.69, 9.17) is 0 Å². The van der Waals surface area contributed by atoms with Gasteiger partial charge < -0.3 is 9.36 Å². The van der Waals surface area contributed by atoms with Gasteiger partial charge in [0, 0.05) is 26.1 Å². The number of aryl methyl sites for hydroxylation is 1. The standard InChI is InChI=1S/C14H18N4O3/c1-9(19)4-3-7-17-13(20)11-12(15-8-16(11)2)18(14(17)21)10-5-6-10/h8,10H,3-7H2,1-2H3. The lowest BCUT2D eigenvalue weighted by molar-refractivity contribution is -0.117. The Labute approximate surface area is 120 Å². The smallest absolute Gasteiger partial charge is 0.328 e. The summed E-state index contributed by atoms with van der Waals surface area (Å²) < 4.78 is 4.52. The van der Waals surface area contributed by atoms with Gasteiger partial charge in [-0.1, -0.05) is 0 Å². The maximum Gasteiger partial charge on any atom is 0.332 e. The maximum atomic E-state index is 12.6. The normalized spacial score (nSPS) is 14.8. The Kier molecular flexibility index (Phi) is 3.27. The number of imidazole rings is 1. The molecule has 7 heteroatoms. The van der Waals surface area contributed by atoms with Crippen molar-refractivity contribution in [3.63, 3.8) is 0 Å². The van der Waals surface area contributed by atoms with Gasteiger partial charge in [-0.3, -0.25) is 13.9 Å². The van der Waals surface area contributed by atoms with Crippen LogP contribution in [0, 0.1) is 0 Å². The van der Waals surface area contributed by atoms with Crippen LogP contribution >= 0.6 is 0 Å². The molecule has 0 spiro atoms. The lowest BCUT2D eigenvalue weighted by Crippen LogP contribution is -2.40. The van der Waals surface area contributed by atoms with E-state index in [-0.39, 0.29) is 29.6 Å². The molecule has 1 aliphatic rings. The summed E-state index contributed by atoms with van der Waals surface area (Å²) >= 11 is 0. The summed E-state index contributed by atoms with van der Waals surface area (Å²) in [6.45, 7) is 1.78. The van der Waals surface area contributed by atoms with E-state index < -0.39 is 0 Å². The molecule has 0 atom stereocenters. The molecule has 0 bridgehead atoms. The molecule has 21 heavy (non-hydrogen) atoms. The third-order valence-electron chi connectivity index (χ3n) is 3.85. The van der Waals surface area contributed by atoms with E-state index in [9.17, 15) is 14.4 Å². The Morgan fingerprint density at radius 1 is 1.38 bits per heavy atom. The first kappa shape index (κ1) is 13.8. The van der Waals surface area contributed by atoms with Crippen LogP contribution in [0.5, 0.6) is 0 Å². The Hall–Kier alpha value is -2.18. The van der Waals surface area contributed by atoms with Crippen LogP contribution < -0.4 is 11.2 Å². The Morgan fingerprint density at radius 3 is 2.71 bits per heavy atom. The predicted molar refractivity (Wildman–Crippen MR) is 77.4 cm³/mol. The van der Waals surface area contributed by atoms with Crippen molar-refractivity contribution in [1.29, 1.82) is 0 Å². The molecule has 7 nitrogen and oxygen atoms in total. The number of carbonyl (C=O) groups excluding carboxylic acids is 1. The van der Waals surface area contributed by atoms with Crippen molar-refractivity contribution in [3.05, 3.63) is 27.2 Å². The second kappa shape index (κ2) is 4.98. The number of rotatable bonds is 5. The van der Waals surface area contributed by atoms with E-state index >= 15 is 0 Å². The first-order chi connectivity index (χ1) is 10.0. The monoisotopic (exact) mass is 290 g/mol. The van der Waals surface area contributed by atoms with Gasteiger partial charge in [0.1, 0.15) is 5.78 Å². The van der Waals surface area contributed by atoms with E-state index in [1.807, 2.05) is 0 Å². The van der Waals surface area contributed by atoms with Gasteiger partial charge >= 0.3 is 5.69 Å². The van der Waals surface area contributed by atoms with Crippen molar-refractivity contribution < 1.29 is 4.79 Å². The molecule has 2 heterocycles. The summed E-state index contributed by atoms with van der Waals surface area (Å²) in [5.41, 5.74) is 0.287. The highest BCUT2D eigenvalue weighted by molar-refractivity contribution is 5.75. The van der Waals surface area contributed by atoms with Gasteiger partial charge in [-0.25, -0.2) is 9.78 Å². The maximum absolute atomic E-state index is 12.6. The fourth-order valence-corrected chi connectivity index (χ4v) is 2.62. The van der Waals surface area contributed by atoms with Crippen LogP contribution in [0.1, 0.15) is 38.6 Å². The fourth-order valence-electron chi connectivity index (χ4n) is 2.62. The van der Waals surface area contributed by atoms with E-state index in [0.29, 0.717) is 24.0 Å². The van der Waals surface area contributed by atoms with E-state index in [1.165, 1.54) is 11.5 Å². The first-order valence-electron chi connectivity index (χ1n) is 7.16. The van der Waals surface area contributed by atoms with Crippen molar-refractivity contribution in [2.75, 3.05) is 0 Å². The quantitative estimate of drug-likeness (QED) is 0.808. The first-order valence-corrected chi connectivity index (χ1v) is 7.16. The Balaban J connectivity index is 2.14. The molecule has 2 aromatic heterocycles. The van der Waals surface area contributed by atoms with Crippen molar-refractivity contribution in [1.82, 2.24) is 18.7 Å². The second-order valence-corrected chi connectivity index (χ2v) is 5.67. The molecule has 0 radical (unpaired) electrons. The van der Waals surface area contributed by atoms with Crippen molar-refractivity contribution in [2.24, 2.45) is 7.05 Å². The molecule has 0 aromatic carbocycles. The largest absolute Gasteiger partial charge is 0.332 e. The number of Topliss-reactive ketones (excluding diaryl/α,β-unsaturated/α-hetero) is 1. The van der Waals surface area contributed by atoms with Crippen LogP contribution in [0.25, 0.3) is 11.2 Å². The van der Waals surface area contributed by atoms with Gasteiger partial charge in [0.15, 0.2) is 11.2 Å². The van der Waals surface area contributed by atoms with Gasteiger partial charge in [0.2, 0.25) is 0 Å². The van der Waals surface area contributed by atoms with Crippen LogP contribution in [0.15, 0.2) is 15.9 Å². The number of aromatic nitrogens is 4. The summed E-state index contributed by atoms with van der Waals surface area (Å²) in [6.07, 6.45) is 4.32. The molecule has 112 valence electrons. The number of hydrogen-bond donors (Lipinski definition) is 0. The molecule has 2 aromatic rings. The molecule has 0 unspecified atom stereocenters. The minimum Gasteiger partial charge on any atom is -0.328 e. The molecular formula is C14H18N4O3. The molecule has 0 N–H and O–H groups in total. The number of ketones is 1. The third-order valence-corrected chi connectivity index (χ3v) is 3.85. The van der Waals surface area contributed by atoms with Crippen LogP contribution in [0.4, 0.5) is 0 Å². The average Bonchev–Trinajstić information content (AvgIpc) is 3.17. The van der Waals surface area contributed by atoms with Gasteiger partial charge in [-0.05, 0) is 26.2 Å². The summed E-state index contributed by atoms with van der Waals surface area (Å²) in [7, 11) is 1.75. The number of hydrogen-bond acceptors (Lipinski definition) is 4. The minimum absolute atomic E-state index is 0.0622. The topological polar surface area (TPSA) is 78.9 Å². The van der Waals surface area contributed by atoms with Crippen molar-refractivity contribution in [3.8, 4) is 0 Å². The van der Waals surface area contributed by atoms with Crippen LogP contribution in [-0.2, 0) is 18.4 Å². The molecule has 1 saturated carbocycles. The molecule has 1 aliphatic carbocycles. The molecule has 0 aliphatic heterocycles. The lowest BCUT2D eigenvalue weighted by Gasteiger charge is -2.10. The average molecular weight is 290 g/mol. The van der Waals surface area contributed by atoms with E-state index in [1.54, 1.807) is 22.5 Å². The summed E-state index contributed by atoms with van der Waals surface area (Å²) in [6, 6.07) is 0.148. The van der Waals surface area contributed by atoms with Crippen LogP contribution in [0.3, 0.4) is 0 Å². The van der Waals surface area contributed by atoms with Gasteiger partial charge in [0.05, 0.1) is 6.33 Å². The predicted octanol–water partition coefficient (Wildman–Crippen LogP) is 0.601. The summed E-state index contributed by atoms with van der Waals surface area (Å²) in [4.78, 5) is 40.3. The van der Waals surface area contributed by atoms with Crippen molar-refractivity contribution >= 4 is 16.9 Å². The zero-order chi connectivity index (χ0) is 15.1. The van der Waals surface area contributed by atoms with Gasteiger partial charge in [-0.15, -0.1) is 0 Å². The number of fused-ring (bicyclic) bond motifs is 1. The molecular weight excluding hydrogens is 272 g/mol. The highest BCUT2D eigenvalue weighted by Crippen LogP contribution is 2.34. The van der Waals surface area contributed by atoms with E-state index in [0.717, 1.165) is 12.8 Å². The highest BCUT2D eigenvalue weighted by atomic mass is 16.2. The molecule has 0 amide bonds. The number of nitrogens with zero attached hydrogens (tertiary/aromatic N) is 4. The number of carbonyl (C=O) groups is 1. The van der Waals surface area contributed by atoms with Gasteiger partial charge in [-0.2, -0.15) is 0 Å². The van der Waals surface area contributed by atoms with Crippen LogP contribution in [-0.4, -0.2) is 24.5 Å². The molecule has 0 saturated heterocycles. The van der Waals surface area contributed by atoms with Crippen molar-refractivity contribution in [2.45, 2.75) is 45.2 Å². The van der Waals surface area contributed by atoms with Crippen LogP contribution in [0.2, 0.25) is 0 Å². The zero-order valence-electron chi connectivity index (χ0n) is 12.2. The van der Waals surface area contributed by atoms with E-state index in [2.05, 4.69) is 4.98 Å². The summed E-state index contributed by atoms with van der Waals surface area (Å²) in [5, 5.41) is 0.